The molecule has 0 saturated heterocycles. The van der Waals surface area contributed by atoms with Crippen molar-refractivity contribution in [3.8, 4) is 6.07 Å². The summed E-state index contributed by atoms with van der Waals surface area (Å²) in [7, 11) is 0. The fourth-order valence-electron chi connectivity index (χ4n) is 2.31. The lowest BCUT2D eigenvalue weighted by atomic mass is 9.92. The van der Waals surface area contributed by atoms with Gasteiger partial charge in [-0.15, -0.1) is 0 Å². The molecule has 1 aliphatic rings. The summed E-state index contributed by atoms with van der Waals surface area (Å²) in [5.41, 5.74) is -0.585. The molecular weight excluding hydrogens is 264 g/mol. The van der Waals surface area contributed by atoms with E-state index in [1.54, 1.807) is 0 Å². The average Bonchev–Trinajstić information content (AvgIpc) is 2.65. The molecule has 19 heavy (non-hydrogen) atoms. The van der Waals surface area contributed by atoms with Crippen LogP contribution in [0.4, 0.5) is 0 Å². The number of nitrogens with zero attached hydrogens (tertiary/aromatic N) is 3. The molecular formula is C13H15ClN4O. The minimum atomic E-state index is -0.769. The van der Waals surface area contributed by atoms with Crippen LogP contribution in [0.25, 0.3) is 0 Å². The van der Waals surface area contributed by atoms with Gasteiger partial charge in [0.15, 0.2) is 0 Å². The van der Waals surface area contributed by atoms with E-state index in [0.29, 0.717) is 12.8 Å². The molecule has 6 heteroatoms. The average molecular weight is 279 g/mol. The van der Waals surface area contributed by atoms with Gasteiger partial charge in [0.1, 0.15) is 16.4 Å². The zero-order chi connectivity index (χ0) is 13.7. The van der Waals surface area contributed by atoms with Crippen LogP contribution in [0.2, 0.25) is 5.15 Å². The van der Waals surface area contributed by atoms with E-state index < -0.39 is 5.54 Å². The number of carbonyl (C=O) groups excluding carboxylic acids is 1. The SMILES string of the molecule is N#CC1(NC(=O)c2cnc(Cl)cn2)CCCCCC1. The molecule has 1 amide bonds. The Labute approximate surface area is 117 Å². The second-order valence-corrected chi connectivity index (χ2v) is 5.17. The Bertz CT molecular complexity index is 486. The number of nitriles is 1. The van der Waals surface area contributed by atoms with E-state index in [0.717, 1.165) is 25.7 Å². The predicted octanol–water partition coefficient (Wildman–Crippen LogP) is 2.48. The van der Waals surface area contributed by atoms with Crippen molar-refractivity contribution in [3.63, 3.8) is 0 Å². The van der Waals surface area contributed by atoms with E-state index in [-0.39, 0.29) is 16.8 Å². The van der Waals surface area contributed by atoms with Crippen molar-refractivity contribution in [1.29, 1.82) is 5.26 Å². The van der Waals surface area contributed by atoms with Crippen LogP contribution in [-0.2, 0) is 0 Å². The molecule has 0 aromatic carbocycles. The highest BCUT2D eigenvalue weighted by atomic mass is 35.5. The third kappa shape index (κ3) is 3.42. The summed E-state index contributed by atoms with van der Waals surface area (Å²) in [6, 6.07) is 2.26. The summed E-state index contributed by atoms with van der Waals surface area (Å²) in [5, 5.41) is 12.4. The quantitative estimate of drug-likeness (QED) is 0.843. The Balaban J connectivity index is 2.11. The first-order valence-corrected chi connectivity index (χ1v) is 6.74. The lowest BCUT2D eigenvalue weighted by Crippen LogP contribution is -2.47. The van der Waals surface area contributed by atoms with Gasteiger partial charge in [-0.1, -0.05) is 37.3 Å². The van der Waals surface area contributed by atoms with Crippen molar-refractivity contribution in [1.82, 2.24) is 15.3 Å². The van der Waals surface area contributed by atoms with E-state index in [4.69, 9.17) is 11.6 Å². The monoisotopic (exact) mass is 278 g/mol. The Morgan fingerprint density at radius 1 is 1.26 bits per heavy atom. The van der Waals surface area contributed by atoms with Crippen LogP contribution in [0.1, 0.15) is 49.0 Å². The summed E-state index contributed by atoms with van der Waals surface area (Å²) >= 11 is 5.63. The number of rotatable bonds is 2. The molecule has 0 unspecified atom stereocenters. The second kappa shape index (κ2) is 5.98. The molecule has 100 valence electrons. The maximum atomic E-state index is 12.1. The Morgan fingerprint density at radius 3 is 2.47 bits per heavy atom. The number of hydrogen-bond donors (Lipinski definition) is 1. The highest BCUT2D eigenvalue weighted by Crippen LogP contribution is 2.26. The van der Waals surface area contributed by atoms with Gasteiger partial charge in [0.05, 0.1) is 18.5 Å². The van der Waals surface area contributed by atoms with E-state index >= 15 is 0 Å². The van der Waals surface area contributed by atoms with Gasteiger partial charge in [0.2, 0.25) is 0 Å². The fourth-order valence-corrected chi connectivity index (χ4v) is 2.41. The molecule has 1 aromatic rings. The smallest absolute Gasteiger partial charge is 0.272 e. The molecule has 1 aliphatic carbocycles. The molecule has 2 rings (SSSR count). The molecule has 0 bridgehead atoms. The Hall–Kier alpha value is -1.67. The summed E-state index contributed by atoms with van der Waals surface area (Å²) in [6.45, 7) is 0. The van der Waals surface area contributed by atoms with Crippen LogP contribution in [0.3, 0.4) is 0 Å². The third-order valence-electron chi connectivity index (χ3n) is 3.38. The minimum absolute atomic E-state index is 0.184. The van der Waals surface area contributed by atoms with Gasteiger partial charge in [-0.05, 0) is 12.8 Å². The van der Waals surface area contributed by atoms with Crippen LogP contribution in [0, 0.1) is 11.3 Å². The summed E-state index contributed by atoms with van der Waals surface area (Å²) in [6.07, 6.45) is 8.16. The topological polar surface area (TPSA) is 78.7 Å². The largest absolute Gasteiger partial charge is 0.332 e. The van der Waals surface area contributed by atoms with Gasteiger partial charge in [0.25, 0.3) is 5.91 Å². The highest BCUT2D eigenvalue weighted by molar-refractivity contribution is 6.29. The molecule has 0 aliphatic heterocycles. The van der Waals surface area contributed by atoms with Gasteiger partial charge >= 0.3 is 0 Å². The molecule has 1 aromatic heterocycles. The molecule has 0 radical (unpaired) electrons. The summed E-state index contributed by atoms with van der Waals surface area (Å²) in [4.78, 5) is 19.8. The first-order chi connectivity index (χ1) is 9.15. The maximum Gasteiger partial charge on any atom is 0.272 e. The second-order valence-electron chi connectivity index (χ2n) is 4.79. The Morgan fingerprint density at radius 2 is 1.95 bits per heavy atom. The molecule has 5 nitrogen and oxygen atoms in total. The molecule has 0 spiro atoms. The molecule has 1 saturated carbocycles. The van der Waals surface area contributed by atoms with E-state index in [1.165, 1.54) is 12.4 Å². The lowest BCUT2D eigenvalue weighted by Gasteiger charge is -2.25. The summed E-state index contributed by atoms with van der Waals surface area (Å²) in [5.74, 6) is -0.368. The molecule has 1 fully saturated rings. The number of nitrogens with one attached hydrogen (secondary N) is 1. The van der Waals surface area contributed by atoms with Crippen molar-refractivity contribution in [2.45, 2.75) is 44.1 Å². The lowest BCUT2D eigenvalue weighted by molar-refractivity contribution is 0.0907. The third-order valence-corrected chi connectivity index (χ3v) is 3.57. The van der Waals surface area contributed by atoms with Gasteiger partial charge in [0, 0.05) is 0 Å². The van der Waals surface area contributed by atoms with Crippen LogP contribution < -0.4 is 5.32 Å². The molecule has 1 heterocycles. The number of hydrogen-bond acceptors (Lipinski definition) is 4. The van der Waals surface area contributed by atoms with Crippen LogP contribution in [-0.4, -0.2) is 21.4 Å². The van der Waals surface area contributed by atoms with Crippen molar-refractivity contribution in [2.24, 2.45) is 0 Å². The predicted molar refractivity (Wildman–Crippen MR) is 70.6 cm³/mol. The number of aromatic nitrogens is 2. The van der Waals surface area contributed by atoms with Gasteiger partial charge in [-0.3, -0.25) is 4.79 Å². The van der Waals surface area contributed by atoms with Gasteiger partial charge < -0.3 is 5.32 Å². The van der Waals surface area contributed by atoms with Crippen molar-refractivity contribution in [2.75, 3.05) is 0 Å². The van der Waals surface area contributed by atoms with Crippen LogP contribution in [0.15, 0.2) is 12.4 Å². The maximum absolute atomic E-state index is 12.1. The summed E-state index contributed by atoms with van der Waals surface area (Å²) < 4.78 is 0. The standard InChI is InChI=1S/C13H15ClN4O/c14-11-8-16-10(7-17-11)12(19)18-13(9-15)5-3-1-2-4-6-13/h7-8H,1-6H2,(H,18,19). The Kier molecular flexibility index (Phi) is 4.33. The van der Waals surface area contributed by atoms with Crippen molar-refractivity contribution < 1.29 is 4.79 Å². The molecule has 1 N–H and O–H groups in total. The first-order valence-electron chi connectivity index (χ1n) is 6.36. The number of carbonyl (C=O) groups is 1. The normalized spacial score (nSPS) is 18.1. The van der Waals surface area contributed by atoms with Crippen LogP contribution >= 0.6 is 11.6 Å². The van der Waals surface area contributed by atoms with Crippen molar-refractivity contribution >= 4 is 17.5 Å². The number of amides is 1. The van der Waals surface area contributed by atoms with Crippen LogP contribution in [0.5, 0.6) is 0 Å². The van der Waals surface area contributed by atoms with Crippen molar-refractivity contribution in [3.05, 3.63) is 23.2 Å². The first kappa shape index (κ1) is 13.8. The highest BCUT2D eigenvalue weighted by Gasteiger charge is 2.33. The van der Waals surface area contributed by atoms with E-state index in [1.807, 2.05) is 0 Å². The zero-order valence-electron chi connectivity index (χ0n) is 10.5. The van der Waals surface area contributed by atoms with Gasteiger partial charge in [-0.2, -0.15) is 5.26 Å². The van der Waals surface area contributed by atoms with E-state index in [2.05, 4.69) is 21.4 Å². The fraction of sp³-hybridized carbons (Fsp3) is 0.538. The number of halogens is 1. The van der Waals surface area contributed by atoms with Gasteiger partial charge in [-0.25, -0.2) is 9.97 Å². The minimum Gasteiger partial charge on any atom is -0.332 e. The van der Waals surface area contributed by atoms with E-state index in [9.17, 15) is 10.1 Å². The molecule has 0 atom stereocenters. The zero-order valence-corrected chi connectivity index (χ0v) is 11.3.